The van der Waals surface area contributed by atoms with Crippen LogP contribution < -0.4 is 10.6 Å². The number of nitrogens with zero attached hydrogens (tertiary/aromatic N) is 2. The van der Waals surface area contributed by atoms with Crippen LogP contribution in [0.5, 0.6) is 0 Å². The Morgan fingerprint density at radius 2 is 1.96 bits per heavy atom. The Labute approximate surface area is 162 Å². The Kier molecular flexibility index (Phi) is 6.52. The lowest BCUT2D eigenvalue weighted by Crippen LogP contribution is -2.52. The minimum absolute atomic E-state index is 0.112. The molecule has 0 aliphatic carbocycles. The molecule has 1 aromatic carbocycles. The van der Waals surface area contributed by atoms with Crippen molar-refractivity contribution in [3.05, 3.63) is 23.8 Å². The maximum atomic E-state index is 12.9. The molecule has 0 aromatic heterocycles. The SMILES string of the molecule is Cc1ccc(S(=O)(=O)N2CCCCC2)cc1NC(=O)CN1CCNC[C@@H]1C. The first-order valence-electron chi connectivity index (χ1n) is 9.73. The molecule has 0 saturated carbocycles. The van der Waals surface area contributed by atoms with Crippen molar-refractivity contribution in [2.45, 2.75) is 44.0 Å². The Morgan fingerprint density at radius 1 is 1.22 bits per heavy atom. The van der Waals surface area contributed by atoms with Gasteiger partial charge in [0.15, 0.2) is 0 Å². The van der Waals surface area contributed by atoms with Gasteiger partial charge in [-0.3, -0.25) is 9.69 Å². The summed E-state index contributed by atoms with van der Waals surface area (Å²) in [7, 11) is -3.51. The average molecular weight is 395 g/mol. The molecule has 0 radical (unpaired) electrons. The molecular weight excluding hydrogens is 364 g/mol. The van der Waals surface area contributed by atoms with Gasteiger partial charge in [0.1, 0.15) is 0 Å². The molecule has 0 spiro atoms. The fraction of sp³-hybridized carbons (Fsp3) is 0.632. The van der Waals surface area contributed by atoms with E-state index >= 15 is 0 Å². The maximum absolute atomic E-state index is 12.9. The molecule has 2 heterocycles. The highest BCUT2D eigenvalue weighted by Crippen LogP contribution is 2.25. The number of rotatable bonds is 5. The van der Waals surface area contributed by atoms with Crippen LogP contribution in [0.1, 0.15) is 31.7 Å². The van der Waals surface area contributed by atoms with Crippen molar-refractivity contribution in [2.24, 2.45) is 0 Å². The monoisotopic (exact) mass is 394 g/mol. The highest BCUT2D eigenvalue weighted by molar-refractivity contribution is 7.89. The minimum Gasteiger partial charge on any atom is -0.325 e. The molecule has 8 heteroatoms. The molecule has 150 valence electrons. The third-order valence-electron chi connectivity index (χ3n) is 5.42. The van der Waals surface area contributed by atoms with E-state index in [9.17, 15) is 13.2 Å². The molecule has 2 saturated heterocycles. The molecule has 2 aliphatic heterocycles. The zero-order valence-electron chi connectivity index (χ0n) is 16.2. The maximum Gasteiger partial charge on any atom is 0.243 e. The molecule has 7 nitrogen and oxygen atoms in total. The smallest absolute Gasteiger partial charge is 0.243 e. The highest BCUT2D eigenvalue weighted by atomic mass is 32.2. The fourth-order valence-electron chi connectivity index (χ4n) is 3.64. The van der Waals surface area contributed by atoms with Gasteiger partial charge >= 0.3 is 0 Å². The topological polar surface area (TPSA) is 81.8 Å². The van der Waals surface area contributed by atoms with Gasteiger partial charge in [0.2, 0.25) is 15.9 Å². The summed E-state index contributed by atoms with van der Waals surface area (Å²) < 4.78 is 27.3. The molecule has 1 amide bonds. The molecule has 3 rings (SSSR count). The van der Waals surface area contributed by atoms with Crippen LogP contribution in [0.3, 0.4) is 0 Å². The van der Waals surface area contributed by atoms with E-state index in [1.165, 1.54) is 0 Å². The summed E-state index contributed by atoms with van der Waals surface area (Å²) in [5.41, 5.74) is 1.43. The average Bonchev–Trinajstić information content (AvgIpc) is 2.66. The van der Waals surface area contributed by atoms with Gasteiger partial charge < -0.3 is 10.6 Å². The van der Waals surface area contributed by atoms with Gasteiger partial charge in [-0.15, -0.1) is 0 Å². The quantitative estimate of drug-likeness (QED) is 0.789. The van der Waals surface area contributed by atoms with Crippen molar-refractivity contribution in [1.29, 1.82) is 0 Å². The van der Waals surface area contributed by atoms with Crippen LogP contribution >= 0.6 is 0 Å². The largest absolute Gasteiger partial charge is 0.325 e. The molecule has 2 N–H and O–H groups in total. The van der Waals surface area contributed by atoms with Crippen molar-refractivity contribution in [3.8, 4) is 0 Å². The van der Waals surface area contributed by atoms with Gasteiger partial charge in [0.05, 0.1) is 11.4 Å². The number of benzene rings is 1. The normalized spacial score (nSPS) is 22.5. The first-order valence-corrected chi connectivity index (χ1v) is 11.2. The van der Waals surface area contributed by atoms with Crippen molar-refractivity contribution in [3.63, 3.8) is 0 Å². The molecule has 2 fully saturated rings. The van der Waals surface area contributed by atoms with Crippen LogP contribution in [0.2, 0.25) is 0 Å². The van der Waals surface area contributed by atoms with E-state index in [-0.39, 0.29) is 10.8 Å². The van der Waals surface area contributed by atoms with Crippen molar-refractivity contribution >= 4 is 21.6 Å². The third kappa shape index (κ3) is 4.87. The third-order valence-corrected chi connectivity index (χ3v) is 7.32. The number of aryl methyl sites for hydroxylation is 1. The molecule has 1 atom stereocenters. The van der Waals surface area contributed by atoms with Crippen LogP contribution in [-0.2, 0) is 14.8 Å². The number of nitrogens with one attached hydrogen (secondary N) is 2. The summed E-state index contributed by atoms with van der Waals surface area (Å²) in [6.45, 7) is 7.99. The molecular formula is C19H30N4O3S. The van der Waals surface area contributed by atoms with E-state index < -0.39 is 10.0 Å². The standard InChI is InChI=1S/C19H30N4O3S/c1-15-6-7-17(27(25,26)23-9-4-3-5-10-23)12-18(15)21-19(24)14-22-11-8-20-13-16(22)2/h6-7,12,16,20H,3-5,8-11,13-14H2,1-2H3,(H,21,24)/t16-/m0/s1. The van der Waals surface area contributed by atoms with Crippen molar-refractivity contribution in [1.82, 2.24) is 14.5 Å². The van der Waals surface area contributed by atoms with Crippen LogP contribution in [0.15, 0.2) is 23.1 Å². The highest BCUT2D eigenvalue weighted by Gasteiger charge is 2.27. The minimum atomic E-state index is -3.51. The summed E-state index contributed by atoms with van der Waals surface area (Å²) in [5.74, 6) is -0.112. The number of hydrogen-bond acceptors (Lipinski definition) is 5. The predicted molar refractivity (Wildman–Crippen MR) is 106 cm³/mol. The van der Waals surface area contributed by atoms with Crippen molar-refractivity contribution in [2.75, 3.05) is 44.6 Å². The van der Waals surface area contributed by atoms with Gasteiger partial charge in [0.25, 0.3) is 0 Å². The first-order chi connectivity index (χ1) is 12.9. The Bertz CT molecular complexity index is 775. The summed E-state index contributed by atoms with van der Waals surface area (Å²) in [4.78, 5) is 14.9. The molecule has 27 heavy (non-hydrogen) atoms. The number of carbonyl (C=O) groups excluding carboxylic acids is 1. The van der Waals surface area contributed by atoms with Crippen LogP contribution in [0, 0.1) is 6.92 Å². The van der Waals surface area contributed by atoms with Gasteiger partial charge in [0, 0.05) is 44.5 Å². The van der Waals surface area contributed by atoms with Crippen LogP contribution in [0.25, 0.3) is 0 Å². The van der Waals surface area contributed by atoms with E-state index in [1.54, 1.807) is 22.5 Å². The van der Waals surface area contributed by atoms with Gasteiger partial charge in [-0.05, 0) is 44.4 Å². The summed E-state index contributed by atoms with van der Waals surface area (Å²) >= 11 is 0. The summed E-state index contributed by atoms with van der Waals surface area (Å²) in [6.07, 6.45) is 2.88. The number of hydrogen-bond donors (Lipinski definition) is 2. The Hall–Kier alpha value is -1.48. The molecule has 1 aromatic rings. The van der Waals surface area contributed by atoms with E-state index in [2.05, 4.69) is 22.5 Å². The zero-order chi connectivity index (χ0) is 19.4. The number of amides is 1. The van der Waals surface area contributed by atoms with E-state index in [0.717, 1.165) is 44.5 Å². The molecule has 0 unspecified atom stereocenters. The van der Waals surface area contributed by atoms with Gasteiger partial charge in [-0.1, -0.05) is 12.5 Å². The van der Waals surface area contributed by atoms with Gasteiger partial charge in [-0.2, -0.15) is 4.31 Å². The number of anilines is 1. The first kappa shape index (κ1) is 20.3. The second-order valence-electron chi connectivity index (χ2n) is 7.51. The number of piperazine rings is 1. The summed E-state index contributed by atoms with van der Waals surface area (Å²) in [6, 6.07) is 5.29. The Balaban J connectivity index is 1.72. The molecule has 0 bridgehead atoms. The number of carbonyl (C=O) groups is 1. The van der Waals surface area contributed by atoms with E-state index in [4.69, 9.17) is 0 Å². The lowest BCUT2D eigenvalue weighted by Gasteiger charge is -2.33. The Morgan fingerprint density at radius 3 is 2.67 bits per heavy atom. The number of sulfonamides is 1. The molecule has 2 aliphatic rings. The summed E-state index contributed by atoms with van der Waals surface area (Å²) in [5, 5.41) is 6.22. The lowest BCUT2D eigenvalue weighted by atomic mass is 10.2. The van der Waals surface area contributed by atoms with Crippen molar-refractivity contribution < 1.29 is 13.2 Å². The second-order valence-corrected chi connectivity index (χ2v) is 9.45. The lowest BCUT2D eigenvalue weighted by molar-refractivity contribution is -0.118. The van der Waals surface area contributed by atoms with Crippen LogP contribution in [0.4, 0.5) is 5.69 Å². The zero-order valence-corrected chi connectivity index (χ0v) is 17.0. The van der Waals surface area contributed by atoms with E-state index in [0.29, 0.717) is 31.4 Å². The predicted octanol–water partition coefficient (Wildman–Crippen LogP) is 1.40. The second kappa shape index (κ2) is 8.68. The number of piperidine rings is 1. The van der Waals surface area contributed by atoms with Crippen LogP contribution in [-0.4, -0.2) is 68.8 Å². The fourth-order valence-corrected chi connectivity index (χ4v) is 5.19. The van der Waals surface area contributed by atoms with Gasteiger partial charge in [-0.25, -0.2) is 8.42 Å². The van der Waals surface area contributed by atoms with E-state index in [1.807, 2.05) is 6.92 Å².